The topological polar surface area (TPSA) is 74.8 Å². The number of hydrogen-bond acceptors (Lipinski definition) is 7. The fourth-order valence-corrected chi connectivity index (χ4v) is 4.08. The molecule has 2 heterocycles. The molecule has 1 aliphatic rings. The first kappa shape index (κ1) is 20.3. The Morgan fingerprint density at radius 1 is 1.21 bits per heavy atom. The zero-order valence-corrected chi connectivity index (χ0v) is 17.3. The molecule has 8 heteroatoms. The molecule has 1 atom stereocenters. The maximum Gasteiger partial charge on any atom is 0.350 e. The standard InChI is InChI=1S/C20H26N4O3S/c1-4-27-19(26)17-14(2)21-20(28-17)22-18(25)15(3)23-10-12-24(13-11-23)16-8-6-5-7-9-16/h5-9,15H,4,10-13H2,1-3H3,(H,21,22,25). The van der Waals surface area contributed by atoms with Gasteiger partial charge in [-0.25, -0.2) is 9.78 Å². The zero-order valence-electron chi connectivity index (χ0n) is 16.5. The number of aryl methyl sites for hydroxylation is 1. The predicted molar refractivity (Wildman–Crippen MR) is 111 cm³/mol. The van der Waals surface area contributed by atoms with Gasteiger partial charge in [0.2, 0.25) is 5.91 Å². The fraction of sp³-hybridized carbons (Fsp3) is 0.450. The zero-order chi connectivity index (χ0) is 20.1. The van der Waals surface area contributed by atoms with Crippen LogP contribution in [0.15, 0.2) is 30.3 Å². The van der Waals surface area contributed by atoms with Crippen molar-refractivity contribution in [2.45, 2.75) is 26.8 Å². The summed E-state index contributed by atoms with van der Waals surface area (Å²) >= 11 is 1.15. The Morgan fingerprint density at radius 2 is 1.89 bits per heavy atom. The minimum atomic E-state index is -0.400. The fourth-order valence-electron chi connectivity index (χ4n) is 3.22. The molecule has 1 fully saturated rings. The average molecular weight is 403 g/mol. The van der Waals surface area contributed by atoms with Gasteiger partial charge in [0.15, 0.2) is 5.13 Å². The number of rotatable bonds is 6. The molecule has 0 spiro atoms. The van der Waals surface area contributed by atoms with Gasteiger partial charge in [0.05, 0.1) is 18.3 Å². The number of benzene rings is 1. The Kier molecular flexibility index (Phi) is 6.64. The van der Waals surface area contributed by atoms with E-state index in [0.717, 1.165) is 37.5 Å². The molecule has 7 nitrogen and oxygen atoms in total. The predicted octanol–water partition coefficient (Wildman–Crippen LogP) is 2.78. The van der Waals surface area contributed by atoms with Crippen molar-refractivity contribution in [2.24, 2.45) is 0 Å². The highest BCUT2D eigenvalue weighted by Gasteiger charge is 2.27. The van der Waals surface area contributed by atoms with E-state index >= 15 is 0 Å². The molecule has 0 aliphatic carbocycles. The lowest BCUT2D eigenvalue weighted by Crippen LogP contribution is -2.52. The van der Waals surface area contributed by atoms with Gasteiger partial charge in [-0.3, -0.25) is 9.69 Å². The molecule has 150 valence electrons. The van der Waals surface area contributed by atoms with Gasteiger partial charge in [0.1, 0.15) is 4.88 Å². The highest BCUT2D eigenvalue weighted by molar-refractivity contribution is 7.17. The average Bonchev–Trinajstić information content (AvgIpc) is 3.08. The number of nitrogens with zero attached hydrogens (tertiary/aromatic N) is 3. The molecular weight excluding hydrogens is 376 g/mol. The highest BCUT2D eigenvalue weighted by Crippen LogP contribution is 2.24. The summed E-state index contributed by atoms with van der Waals surface area (Å²) in [5.41, 5.74) is 1.78. The van der Waals surface area contributed by atoms with Crippen molar-refractivity contribution in [1.29, 1.82) is 0 Å². The molecule has 0 saturated carbocycles. The van der Waals surface area contributed by atoms with E-state index in [1.807, 2.05) is 25.1 Å². The van der Waals surface area contributed by atoms with Crippen molar-refractivity contribution in [2.75, 3.05) is 43.0 Å². The number of para-hydroxylation sites is 1. The van der Waals surface area contributed by atoms with Crippen LogP contribution in [0, 0.1) is 6.92 Å². The molecule has 3 rings (SSSR count). The molecule has 2 aromatic rings. The normalized spacial score (nSPS) is 15.9. The van der Waals surface area contributed by atoms with Gasteiger partial charge in [-0.2, -0.15) is 0 Å². The van der Waals surface area contributed by atoms with E-state index in [1.54, 1.807) is 13.8 Å². The molecule has 1 saturated heterocycles. The molecule has 1 aliphatic heterocycles. The van der Waals surface area contributed by atoms with Crippen LogP contribution < -0.4 is 10.2 Å². The van der Waals surface area contributed by atoms with E-state index in [9.17, 15) is 9.59 Å². The molecule has 0 bridgehead atoms. The van der Waals surface area contributed by atoms with E-state index in [1.165, 1.54) is 5.69 Å². The quantitative estimate of drug-likeness (QED) is 0.749. The van der Waals surface area contributed by atoms with Crippen LogP contribution in [0.3, 0.4) is 0 Å². The number of carbonyl (C=O) groups is 2. The van der Waals surface area contributed by atoms with Crippen molar-refractivity contribution in [3.63, 3.8) is 0 Å². The number of esters is 1. The monoisotopic (exact) mass is 402 g/mol. The van der Waals surface area contributed by atoms with Crippen molar-refractivity contribution >= 4 is 34.0 Å². The Hall–Kier alpha value is -2.45. The summed E-state index contributed by atoms with van der Waals surface area (Å²) < 4.78 is 5.02. The number of piperazine rings is 1. The van der Waals surface area contributed by atoms with Crippen LogP contribution in [0.2, 0.25) is 0 Å². The van der Waals surface area contributed by atoms with Crippen LogP contribution in [0.4, 0.5) is 10.8 Å². The number of ether oxygens (including phenoxy) is 1. The van der Waals surface area contributed by atoms with Crippen molar-refractivity contribution < 1.29 is 14.3 Å². The van der Waals surface area contributed by atoms with Gasteiger partial charge in [-0.1, -0.05) is 29.5 Å². The van der Waals surface area contributed by atoms with Crippen LogP contribution in [-0.2, 0) is 9.53 Å². The van der Waals surface area contributed by atoms with Crippen LogP contribution >= 0.6 is 11.3 Å². The van der Waals surface area contributed by atoms with Gasteiger partial charge >= 0.3 is 5.97 Å². The second kappa shape index (κ2) is 9.16. The Bertz CT molecular complexity index is 816. The van der Waals surface area contributed by atoms with Crippen LogP contribution in [0.1, 0.15) is 29.2 Å². The third kappa shape index (κ3) is 4.69. The summed E-state index contributed by atoms with van der Waals surface area (Å²) in [5.74, 6) is -0.514. The molecule has 0 radical (unpaired) electrons. The summed E-state index contributed by atoms with van der Waals surface area (Å²) in [4.78, 5) is 33.8. The molecule has 1 aromatic carbocycles. The summed E-state index contributed by atoms with van der Waals surface area (Å²) in [7, 11) is 0. The Labute approximate surface area is 169 Å². The SMILES string of the molecule is CCOC(=O)c1sc(NC(=O)C(C)N2CCN(c3ccccc3)CC2)nc1C. The first-order valence-corrected chi connectivity index (χ1v) is 10.3. The van der Waals surface area contributed by atoms with E-state index in [0.29, 0.717) is 22.3 Å². The largest absolute Gasteiger partial charge is 0.462 e. The number of carbonyl (C=O) groups excluding carboxylic acids is 2. The maximum atomic E-state index is 12.7. The lowest BCUT2D eigenvalue weighted by Gasteiger charge is -2.38. The number of hydrogen-bond donors (Lipinski definition) is 1. The van der Waals surface area contributed by atoms with Crippen molar-refractivity contribution in [3.8, 4) is 0 Å². The van der Waals surface area contributed by atoms with Crippen molar-refractivity contribution in [3.05, 3.63) is 40.9 Å². The van der Waals surface area contributed by atoms with Crippen LogP contribution in [0.5, 0.6) is 0 Å². The van der Waals surface area contributed by atoms with Gasteiger partial charge in [-0.15, -0.1) is 0 Å². The second-order valence-corrected chi connectivity index (χ2v) is 7.68. The minimum Gasteiger partial charge on any atom is -0.462 e. The summed E-state index contributed by atoms with van der Waals surface area (Å²) in [5, 5.41) is 3.28. The maximum absolute atomic E-state index is 12.7. The Morgan fingerprint density at radius 3 is 2.54 bits per heavy atom. The van der Waals surface area contributed by atoms with Crippen LogP contribution in [0.25, 0.3) is 0 Å². The van der Waals surface area contributed by atoms with E-state index in [-0.39, 0.29) is 11.9 Å². The Balaban J connectivity index is 1.55. The first-order valence-electron chi connectivity index (χ1n) is 9.49. The lowest BCUT2D eigenvalue weighted by molar-refractivity contribution is -0.120. The smallest absolute Gasteiger partial charge is 0.350 e. The summed E-state index contributed by atoms with van der Waals surface area (Å²) in [6.07, 6.45) is 0. The van der Waals surface area contributed by atoms with Crippen LogP contribution in [-0.4, -0.2) is 60.6 Å². The van der Waals surface area contributed by atoms with Gasteiger partial charge in [0, 0.05) is 31.9 Å². The number of aromatic nitrogens is 1. The molecular formula is C20H26N4O3S. The minimum absolute atomic E-state index is 0.114. The number of thiazole rings is 1. The number of amides is 1. The second-order valence-electron chi connectivity index (χ2n) is 6.68. The number of anilines is 2. The number of nitrogens with one attached hydrogen (secondary N) is 1. The van der Waals surface area contributed by atoms with Crippen molar-refractivity contribution in [1.82, 2.24) is 9.88 Å². The van der Waals surface area contributed by atoms with Gasteiger partial charge < -0.3 is 15.0 Å². The molecule has 1 amide bonds. The van der Waals surface area contributed by atoms with E-state index in [4.69, 9.17) is 4.74 Å². The highest BCUT2D eigenvalue weighted by atomic mass is 32.1. The summed E-state index contributed by atoms with van der Waals surface area (Å²) in [6, 6.07) is 10.0. The third-order valence-corrected chi connectivity index (χ3v) is 5.90. The van der Waals surface area contributed by atoms with Gasteiger partial charge in [0.25, 0.3) is 0 Å². The first-order chi connectivity index (χ1) is 13.5. The van der Waals surface area contributed by atoms with E-state index < -0.39 is 5.97 Å². The molecule has 1 aromatic heterocycles. The molecule has 1 N–H and O–H groups in total. The molecule has 1 unspecified atom stereocenters. The lowest BCUT2D eigenvalue weighted by atomic mass is 10.2. The van der Waals surface area contributed by atoms with Gasteiger partial charge in [-0.05, 0) is 32.9 Å². The van der Waals surface area contributed by atoms with E-state index in [2.05, 4.69) is 32.2 Å². The third-order valence-electron chi connectivity index (χ3n) is 4.85. The molecule has 28 heavy (non-hydrogen) atoms. The summed E-state index contributed by atoms with van der Waals surface area (Å²) in [6.45, 7) is 9.10.